The van der Waals surface area contributed by atoms with Crippen molar-refractivity contribution < 1.29 is 4.79 Å². The average molecular weight is 206 g/mol. The Morgan fingerprint density at radius 2 is 2.53 bits per heavy atom. The van der Waals surface area contributed by atoms with E-state index in [1.807, 2.05) is 19.9 Å². The summed E-state index contributed by atoms with van der Waals surface area (Å²) in [6.45, 7) is 4.05. The molecule has 0 radical (unpaired) electrons. The summed E-state index contributed by atoms with van der Waals surface area (Å²) in [5.41, 5.74) is 0.354. The Labute approximate surface area is 88.5 Å². The van der Waals surface area contributed by atoms with E-state index in [1.165, 1.54) is 6.20 Å². The predicted octanol–water partition coefficient (Wildman–Crippen LogP) is 1.66. The minimum absolute atomic E-state index is 0.0925. The van der Waals surface area contributed by atoms with Crippen molar-refractivity contribution in [2.45, 2.75) is 26.7 Å². The maximum absolute atomic E-state index is 11.5. The monoisotopic (exact) mass is 206 g/mol. The van der Waals surface area contributed by atoms with Crippen LogP contribution < -0.4 is 5.32 Å². The SMILES string of the molecule is CCC(C)CC(=O)Nc1[nH]ncc1C#N. The number of aromatic amines is 1. The topological polar surface area (TPSA) is 81.6 Å². The van der Waals surface area contributed by atoms with Crippen LogP contribution in [0.25, 0.3) is 0 Å². The fourth-order valence-electron chi connectivity index (χ4n) is 1.12. The minimum Gasteiger partial charge on any atom is -0.310 e. The maximum atomic E-state index is 11.5. The third-order valence-electron chi connectivity index (χ3n) is 2.25. The van der Waals surface area contributed by atoms with Gasteiger partial charge in [0.05, 0.1) is 6.20 Å². The molecule has 2 N–H and O–H groups in total. The van der Waals surface area contributed by atoms with Crippen LogP contribution in [0.2, 0.25) is 0 Å². The molecule has 0 saturated carbocycles. The summed E-state index contributed by atoms with van der Waals surface area (Å²) in [6, 6.07) is 1.94. The molecule has 0 fully saturated rings. The predicted molar refractivity (Wildman–Crippen MR) is 56.0 cm³/mol. The van der Waals surface area contributed by atoms with Gasteiger partial charge in [-0.05, 0) is 5.92 Å². The molecule has 0 aliphatic heterocycles. The molecule has 0 bridgehead atoms. The van der Waals surface area contributed by atoms with E-state index >= 15 is 0 Å². The van der Waals surface area contributed by atoms with Crippen LogP contribution in [0.3, 0.4) is 0 Å². The first-order valence-electron chi connectivity index (χ1n) is 4.90. The summed E-state index contributed by atoms with van der Waals surface area (Å²) in [5, 5.41) is 17.6. The quantitative estimate of drug-likeness (QED) is 0.785. The van der Waals surface area contributed by atoms with Crippen LogP contribution in [-0.2, 0) is 4.79 Å². The minimum atomic E-state index is -0.0925. The lowest BCUT2D eigenvalue weighted by molar-refractivity contribution is -0.117. The number of nitrogens with one attached hydrogen (secondary N) is 2. The molecule has 5 nitrogen and oxygen atoms in total. The Hall–Kier alpha value is -1.83. The molecular weight excluding hydrogens is 192 g/mol. The lowest BCUT2D eigenvalue weighted by Crippen LogP contribution is -2.15. The van der Waals surface area contributed by atoms with E-state index < -0.39 is 0 Å². The van der Waals surface area contributed by atoms with E-state index in [9.17, 15) is 4.79 Å². The van der Waals surface area contributed by atoms with Gasteiger partial charge < -0.3 is 5.32 Å². The van der Waals surface area contributed by atoms with Crippen molar-refractivity contribution in [2.24, 2.45) is 5.92 Å². The van der Waals surface area contributed by atoms with E-state index in [-0.39, 0.29) is 5.91 Å². The van der Waals surface area contributed by atoms with Crippen LogP contribution in [-0.4, -0.2) is 16.1 Å². The lowest BCUT2D eigenvalue weighted by Gasteiger charge is -2.07. The third kappa shape index (κ3) is 3.09. The Bertz CT molecular complexity index is 377. The summed E-state index contributed by atoms with van der Waals surface area (Å²) >= 11 is 0. The van der Waals surface area contributed by atoms with E-state index in [4.69, 9.17) is 5.26 Å². The van der Waals surface area contributed by atoms with E-state index in [1.54, 1.807) is 0 Å². The third-order valence-corrected chi connectivity index (χ3v) is 2.25. The molecule has 1 heterocycles. The number of amides is 1. The Morgan fingerprint density at radius 1 is 1.80 bits per heavy atom. The number of anilines is 1. The molecule has 1 amide bonds. The number of H-pyrrole nitrogens is 1. The molecule has 5 heteroatoms. The molecule has 0 aliphatic rings. The Balaban J connectivity index is 2.56. The summed E-state index contributed by atoms with van der Waals surface area (Å²) in [5.74, 6) is 0.634. The van der Waals surface area contributed by atoms with E-state index in [0.717, 1.165) is 6.42 Å². The number of carbonyl (C=O) groups is 1. The van der Waals surface area contributed by atoms with Gasteiger partial charge in [-0.15, -0.1) is 0 Å². The summed E-state index contributed by atoms with van der Waals surface area (Å²) in [4.78, 5) is 11.5. The van der Waals surface area contributed by atoms with Crippen LogP contribution in [0.1, 0.15) is 32.3 Å². The normalized spacial score (nSPS) is 11.8. The summed E-state index contributed by atoms with van der Waals surface area (Å²) in [7, 11) is 0. The lowest BCUT2D eigenvalue weighted by atomic mass is 10.1. The van der Waals surface area contributed by atoms with Gasteiger partial charge >= 0.3 is 0 Å². The first kappa shape index (κ1) is 11.2. The Morgan fingerprint density at radius 3 is 3.13 bits per heavy atom. The van der Waals surface area contributed by atoms with Gasteiger partial charge in [-0.2, -0.15) is 10.4 Å². The molecule has 1 rings (SSSR count). The van der Waals surface area contributed by atoms with Gasteiger partial charge in [-0.1, -0.05) is 20.3 Å². The van der Waals surface area contributed by atoms with Crippen LogP contribution in [0.15, 0.2) is 6.20 Å². The number of nitrogens with zero attached hydrogens (tertiary/aromatic N) is 2. The molecule has 1 atom stereocenters. The summed E-state index contributed by atoms with van der Waals surface area (Å²) in [6.07, 6.45) is 2.81. The van der Waals surface area contributed by atoms with Gasteiger partial charge in [0.25, 0.3) is 0 Å². The number of carbonyl (C=O) groups excluding carboxylic acids is 1. The van der Waals surface area contributed by atoms with Crippen molar-refractivity contribution in [3.05, 3.63) is 11.8 Å². The molecular formula is C10H14N4O. The average Bonchev–Trinajstić information content (AvgIpc) is 2.64. The van der Waals surface area contributed by atoms with Crippen LogP contribution in [0, 0.1) is 17.2 Å². The molecule has 0 aliphatic carbocycles. The Kier molecular flexibility index (Phi) is 3.86. The van der Waals surface area contributed by atoms with Gasteiger partial charge in [-0.3, -0.25) is 9.89 Å². The highest BCUT2D eigenvalue weighted by Gasteiger charge is 2.10. The highest BCUT2D eigenvalue weighted by molar-refractivity contribution is 5.90. The second-order valence-corrected chi connectivity index (χ2v) is 3.54. The number of aromatic nitrogens is 2. The molecule has 80 valence electrons. The van der Waals surface area contributed by atoms with Crippen LogP contribution >= 0.6 is 0 Å². The number of hydrogen-bond donors (Lipinski definition) is 2. The first-order chi connectivity index (χ1) is 7.17. The van der Waals surface area contributed by atoms with Gasteiger partial charge in [0.1, 0.15) is 17.5 Å². The highest BCUT2D eigenvalue weighted by atomic mass is 16.1. The second kappa shape index (κ2) is 5.15. The van der Waals surface area contributed by atoms with Gasteiger partial charge in [0, 0.05) is 6.42 Å². The van der Waals surface area contributed by atoms with Crippen molar-refractivity contribution in [3.8, 4) is 6.07 Å². The van der Waals surface area contributed by atoms with Gasteiger partial charge in [-0.25, -0.2) is 0 Å². The largest absolute Gasteiger partial charge is 0.310 e. The smallest absolute Gasteiger partial charge is 0.225 e. The van der Waals surface area contributed by atoms with Crippen LogP contribution in [0.4, 0.5) is 5.82 Å². The standard InChI is InChI=1S/C10H14N4O/c1-3-7(2)4-9(15)13-10-8(5-11)6-12-14-10/h6-7H,3-4H2,1-2H3,(H2,12,13,14,15). The zero-order valence-corrected chi connectivity index (χ0v) is 8.87. The van der Waals surface area contributed by atoms with E-state index in [2.05, 4.69) is 15.5 Å². The highest BCUT2D eigenvalue weighted by Crippen LogP contribution is 2.12. The number of nitriles is 1. The molecule has 0 saturated heterocycles. The number of hydrogen-bond acceptors (Lipinski definition) is 3. The zero-order chi connectivity index (χ0) is 11.3. The molecule has 15 heavy (non-hydrogen) atoms. The van der Waals surface area contributed by atoms with Gasteiger partial charge in [0.2, 0.25) is 5.91 Å². The van der Waals surface area contributed by atoms with Crippen LogP contribution in [0.5, 0.6) is 0 Å². The van der Waals surface area contributed by atoms with Crippen molar-refractivity contribution in [1.29, 1.82) is 5.26 Å². The number of rotatable bonds is 4. The van der Waals surface area contributed by atoms with E-state index in [0.29, 0.717) is 23.7 Å². The first-order valence-corrected chi connectivity index (χ1v) is 4.90. The van der Waals surface area contributed by atoms with Crippen molar-refractivity contribution in [3.63, 3.8) is 0 Å². The van der Waals surface area contributed by atoms with Crippen molar-refractivity contribution in [2.75, 3.05) is 5.32 Å². The van der Waals surface area contributed by atoms with Gasteiger partial charge in [0.15, 0.2) is 0 Å². The molecule has 1 aromatic rings. The maximum Gasteiger partial charge on any atom is 0.225 e. The molecule has 1 unspecified atom stereocenters. The van der Waals surface area contributed by atoms with Crippen molar-refractivity contribution >= 4 is 11.7 Å². The zero-order valence-electron chi connectivity index (χ0n) is 8.87. The fraction of sp³-hybridized carbons (Fsp3) is 0.500. The molecule has 0 aromatic carbocycles. The molecule has 0 spiro atoms. The fourth-order valence-corrected chi connectivity index (χ4v) is 1.12. The molecule has 1 aromatic heterocycles. The second-order valence-electron chi connectivity index (χ2n) is 3.54. The van der Waals surface area contributed by atoms with Crippen molar-refractivity contribution in [1.82, 2.24) is 10.2 Å². The summed E-state index contributed by atoms with van der Waals surface area (Å²) < 4.78 is 0.